The normalized spacial score (nSPS) is 12.1. The Morgan fingerprint density at radius 1 is 1.42 bits per heavy atom. The lowest BCUT2D eigenvalue weighted by molar-refractivity contribution is -0.120. The first-order chi connectivity index (χ1) is 8.93. The van der Waals surface area contributed by atoms with Crippen LogP contribution in [-0.4, -0.2) is 18.5 Å². The van der Waals surface area contributed by atoms with Gasteiger partial charge in [-0.1, -0.05) is 13.3 Å². The van der Waals surface area contributed by atoms with Crippen LogP contribution in [0, 0.1) is 11.6 Å². The van der Waals surface area contributed by atoms with E-state index in [0.717, 1.165) is 25.0 Å². The summed E-state index contributed by atoms with van der Waals surface area (Å²) in [7, 11) is 0. The van der Waals surface area contributed by atoms with Crippen LogP contribution in [-0.2, 0) is 4.79 Å². The molecule has 0 spiro atoms. The zero-order valence-corrected chi connectivity index (χ0v) is 12.5. The van der Waals surface area contributed by atoms with Gasteiger partial charge in [-0.25, -0.2) is 8.78 Å². The Balaban J connectivity index is 2.55. The van der Waals surface area contributed by atoms with Crippen molar-refractivity contribution < 1.29 is 13.6 Å². The molecule has 1 atom stereocenters. The van der Waals surface area contributed by atoms with Gasteiger partial charge in [0.2, 0.25) is 5.91 Å². The molecule has 1 amide bonds. The van der Waals surface area contributed by atoms with Gasteiger partial charge in [-0.3, -0.25) is 4.79 Å². The van der Waals surface area contributed by atoms with Crippen molar-refractivity contribution in [2.45, 2.75) is 32.7 Å². The summed E-state index contributed by atoms with van der Waals surface area (Å²) in [5.41, 5.74) is 0.0831. The number of halogens is 3. The van der Waals surface area contributed by atoms with E-state index in [1.807, 2.05) is 13.8 Å². The molecule has 0 radical (unpaired) electrons. The number of nitrogens with one attached hydrogen (secondary N) is 2. The van der Waals surface area contributed by atoms with Crippen molar-refractivity contribution in [3.63, 3.8) is 0 Å². The SMILES string of the molecule is CCCC(C)NC(=O)CNc1c(F)cc(F)cc1Br. The van der Waals surface area contributed by atoms with Crippen LogP contribution < -0.4 is 10.6 Å². The molecule has 1 rings (SSSR count). The van der Waals surface area contributed by atoms with Crippen LogP contribution in [0.5, 0.6) is 0 Å². The standard InChI is InChI=1S/C13H17BrF2N2O/c1-3-4-8(2)18-12(19)7-17-13-10(14)5-9(15)6-11(13)16/h5-6,8,17H,3-4,7H2,1-2H3,(H,18,19). The van der Waals surface area contributed by atoms with E-state index in [4.69, 9.17) is 0 Å². The summed E-state index contributed by atoms with van der Waals surface area (Å²) in [6, 6.07) is 1.99. The second-order valence-corrected chi connectivity index (χ2v) is 5.21. The van der Waals surface area contributed by atoms with E-state index in [1.165, 1.54) is 0 Å². The van der Waals surface area contributed by atoms with Crippen molar-refractivity contribution in [3.05, 3.63) is 28.2 Å². The second kappa shape index (κ2) is 7.43. The molecule has 0 fully saturated rings. The zero-order valence-electron chi connectivity index (χ0n) is 10.9. The lowest BCUT2D eigenvalue weighted by Gasteiger charge is -2.14. The van der Waals surface area contributed by atoms with E-state index in [1.54, 1.807) is 0 Å². The van der Waals surface area contributed by atoms with Gasteiger partial charge in [-0.2, -0.15) is 0 Å². The Labute approximate surface area is 119 Å². The van der Waals surface area contributed by atoms with Gasteiger partial charge in [-0.15, -0.1) is 0 Å². The van der Waals surface area contributed by atoms with E-state index >= 15 is 0 Å². The maximum Gasteiger partial charge on any atom is 0.239 e. The molecular formula is C13H17BrF2N2O. The highest BCUT2D eigenvalue weighted by atomic mass is 79.9. The van der Waals surface area contributed by atoms with Gasteiger partial charge >= 0.3 is 0 Å². The third-order valence-electron chi connectivity index (χ3n) is 2.56. The van der Waals surface area contributed by atoms with Crippen molar-refractivity contribution in [2.24, 2.45) is 0 Å². The highest BCUT2D eigenvalue weighted by molar-refractivity contribution is 9.10. The molecule has 0 heterocycles. The van der Waals surface area contributed by atoms with Crippen LogP contribution in [0.1, 0.15) is 26.7 Å². The summed E-state index contributed by atoms with van der Waals surface area (Å²) >= 11 is 3.05. The quantitative estimate of drug-likeness (QED) is 0.836. The molecule has 1 unspecified atom stereocenters. The number of hydrogen-bond acceptors (Lipinski definition) is 2. The largest absolute Gasteiger partial charge is 0.373 e. The van der Waals surface area contributed by atoms with Gasteiger partial charge in [0.15, 0.2) is 0 Å². The van der Waals surface area contributed by atoms with Gasteiger partial charge in [-0.05, 0) is 35.3 Å². The predicted octanol–water partition coefficient (Wildman–Crippen LogP) is 3.44. The predicted molar refractivity (Wildman–Crippen MR) is 75.1 cm³/mol. The molecule has 0 bridgehead atoms. The maximum absolute atomic E-state index is 13.5. The number of hydrogen-bond donors (Lipinski definition) is 2. The Morgan fingerprint density at radius 2 is 2.11 bits per heavy atom. The first-order valence-electron chi connectivity index (χ1n) is 6.11. The molecule has 1 aromatic carbocycles. The van der Waals surface area contributed by atoms with Gasteiger partial charge in [0.25, 0.3) is 0 Å². The van der Waals surface area contributed by atoms with Crippen LogP contribution in [0.2, 0.25) is 0 Å². The van der Waals surface area contributed by atoms with Crippen LogP contribution in [0.4, 0.5) is 14.5 Å². The van der Waals surface area contributed by atoms with E-state index in [9.17, 15) is 13.6 Å². The molecular weight excluding hydrogens is 318 g/mol. The Hall–Kier alpha value is -1.17. The molecule has 0 aliphatic heterocycles. The molecule has 6 heteroatoms. The minimum atomic E-state index is -0.735. The lowest BCUT2D eigenvalue weighted by Crippen LogP contribution is -2.36. The highest BCUT2D eigenvalue weighted by Gasteiger charge is 2.11. The van der Waals surface area contributed by atoms with Crippen molar-refractivity contribution in [2.75, 3.05) is 11.9 Å². The molecule has 0 saturated carbocycles. The molecule has 3 nitrogen and oxygen atoms in total. The molecule has 0 aliphatic carbocycles. The summed E-state index contributed by atoms with van der Waals surface area (Å²) < 4.78 is 26.6. The number of benzene rings is 1. The van der Waals surface area contributed by atoms with E-state index in [-0.39, 0.29) is 28.7 Å². The zero-order chi connectivity index (χ0) is 14.4. The monoisotopic (exact) mass is 334 g/mol. The number of amides is 1. The Morgan fingerprint density at radius 3 is 2.68 bits per heavy atom. The van der Waals surface area contributed by atoms with E-state index in [2.05, 4.69) is 26.6 Å². The number of carbonyl (C=O) groups is 1. The highest BCUT2D eigenvalue weighted by Crippen LogP contribution is 2.26. The average molecular weight is 335 g/mol. The molecule has 0 aromatic heterocycles. The molecule has 19 heavy (non-hydrogen) atoms. The fraction of sp³-hybridized carbons (Fsp3) is 0.462. The van der Waals surface area contributed by atoms with Gasteiger partial charge in [0.1, 0.15) is 11.6 Å². The van der Waals surface area contributed by atoms with Crippen molar-refractivity contribution >= 4 is 27.5 Å². The minimum Gasteiger partial charge on any atom is -0.373 e. The summed E-state index contributed by atoms with van der Waals surface area (Å²) in [6.45, 7) is 3.89. The van der Waals surface area contributed by atoms with Gasteiger partial charge in [0, 0.05) is 16.6 Å². The summed E-state index contributed by atoms with van der Waals surface area (Å²) in [5.74, 6) is -1.63. The van der Waals surface area contributed by atoms with Crippen LogP contribution >= 0.6 is 15.9 Å². The van der Waals surface area contributed by atoms with E-state index in [0.29, 0.717) is 0 Å². The Kier molecular flexibility index (Phi) is 6.21. The second-order valence-electron chi connectivity index (χ2n) is 4.36. The van der Waals surface area contributed by atoms with Crippen molar-refractivity contribution in [3.8, 4) is 0 Å². The maximum atomic E-state index is 13.5. The number of anilines is 1. The topological polar surface area (TPSA) is 41.1 Å². The van der Waals surface area contributed by atoms with Crippen LogP contribution in [0.15, 0.2) is 16.6 Å². The van der Waals surface area contributed by atoms with Crippen LogP contribution in [0.3, 0.4) is 0 Å². The third kappa shape index (κ3) is 5.14. The van der Waals surface area contributed by atoms with Crippen molar-refractivity contribution in [1.29, 1.82) is 0 Å². The fourth-order valence-electron chi connectivity index (χ4n) is 1.71. The van der Waals surface area contributed by atoms with Gasteiger partial charge < -0.3 is 10.6 Å². The van der Waals surface area contributed by atoms with Gasteiger partial charge in [0.05, 0.1) is 12.2 Å². The van der Waals surface area contributed by atoms with Crippen LogP contribution in [0.25, 0.3) is 0 Å². The summed E-state index contributed by atoms with van der Waals surface area (Å²) in [6.07, 6.45) is 1.87. The first-order valence-corrected chi connectivity index (χ1v) is 6.91. The summed E-state index contributed by atoms with van der Waals surface area (Å²) in [5, 5.41) is 5.44. The molecule has 0 aliphatic rings. The Bertz CT molecular complexity index is 431. The molecule has 0 saturated heterocycles. The van der Waals surface area contributed by atoms with E-state index < -0.39 is 11.6 Å². The fourth-order valence-corrected chi connectivity index (χ4v) is 2.26. The summed E-state index contributed by atoms with van der Waals surface area (Å²) in [4.78, 5) is 11.6. The smallest absolute Gasteiger partial charge is 0.239 e. The molecule has 1 aromatic rings. The first kappa shape index (κ1) is 15.9. The molecule has 2 N–H and O–H groups in total. The molecule has 106 valence electrons. The average Bonchev–Trinajstić information content (AvgIpc) is 2.27. The third-order valence-corrected chi connectivity index (χ3v) is 3.19. The minimum absolute atomic E-state index is 0.0603. The lowest BCUT2D eigenvalue weighted by atomic mass is 10.2. The number of rotatable bonds is 6. The number of carbonyl (C=O) groups excluding carboxylic acids is 1. The van der Waals surface area contributed by atoms with Crippen molar-refractivity contribution in [1.82, 2.24) is 5.32 Å².